The van der Waals surface area contributed by atoms with Crippen molar-refractivity contribution in [3.8, 4) is 0 Å². The highest BCUT2D eigenvalue weighted by Gasteiger charge is 2.55. The van der Waals surface area contributed by atoms with Crippen molar-refractivity contribution in [3.05, 3.63) is 82.4 Å². The summed E-state index contributed by atoms with van der Waals surface area (Å²) in [6.45, 7) is -0.00771. The molecule has 2 aromatic carbocycles. The van der Waals surface area contributed by atoms with Gasteiger partial charge in [-0.15, -0.1) is 11.8 Å². The number of amides is 2. The molecule has 0 aromatic heterocycles. The van der Waals surface area contributed by atoms with Crippen LogP contribution in [0.25, 0.3) is 0 Å². The number of thioether (sulfide) groups is 1. The third-order valence-electron chi connectivity index (χ3n) is 5.38. The molecule has 0 bridgehead atoms. The Morgan fingerprint density at radius 3 is 2.27 bits per heavy atom. The van der Waals surface area contributed by atoms with Crippen molar-refractivity contribution in [2.75, 3.05) is 12.9 Å². The van der Waals surface area contributed by atoms with Crippen molar-refractivity contribution in [1.29, 1.82) is 0 Å². The van der Waals surface area contributed by atoms with Crippen LogP contribution in [-0.2, 0) is 41.7 Å². The second-order valence-corrected chi connectivity index (χ2v) is 8.56. The molecule has 2 aliphatic heterocycles. The van der Waals surface area contributed by atoms with Crippen molar-refractivity contribution in [1.82, 2.24) is 10.2 Å². The van der Waals surface area contributed by atoms with Crippen LogP contribution >= 0.6 is 11.8 Å². The maximum absolute atomic E-state index is 12.9. The Kier molecular flexibility index (Phi) is 6.79. The number of hydrogen-bond donors (Lipinski definition) is 1. The average Bonchev–Trinajstić information content (AvgIpc) is 2.85. The number of methoxy groups -OCH3 is 1. The van der Waals surface area contributed by atoms with Crippen molar-refractivity contribution in [2.24, 2.45) is 0 Å². The van der Waals surface area contributed by atoms with E-state index in [0.29, 0.717) is 5.75 Å². The normalized spacial score (nSPS) is 19.3. The van der Waals surface area contributed by atoms with E-state index >= 15 is 0 Å². The number of hydrogen-bond acceptors (Lipinski definition) is 7. The maximum Gasteiger partial charge on any atom is 0.356 e. The topological polar surface area (TPSA) is 102 Å². The fourth-order valence-electron chi connectivity index (χ4n) is 3.73. The van der Waals surface area contributed by atoms with Crippen molar-refractivity contribution in [3.63, 3.8) is 0 Å². The van der Waals surface area contributed by atoms with Crippen molar-refractivity contribution in [2.45, 2.75) is 25.1 Å². The summed E-state index contributed by atoms with van der Waals surface area (Å²) in [4.78, 5) is 51.9. The van der Waals surface area contributed by atoms with Crippen LogP contribution in [0.2, 0.25) is 0 Å². The first-order valence-electron chi connectivity index (χ1n) is 10.3. The number of carbonyl (C=O) groups excluding carboxylic acids is 4. The SMILES string of the molecule is COC(=O)C1=C(C(=O)OCc2ccccc2)N2C(=O)[C@@H](NC(=O)Cc3ccccc3)[C@H]2CS1. The van der Waals surface area contributed by atoms with Gasteiger partial charge >= 0.3 is 11.9 Å². The second-order valence-electron chi connectivity index (χ2n) is 7.53. The summed E-state index contributed by atoms with van der Waals surface area (Å²) in [6.07, 6.45) is 0.139. The van der Waals surface area contributed by atoms with Gasteiger partial charge in [0, 0.05) is 5.75 Å². The van der Waals surface area contributed by atoms with Gasteiger partial charge in [-0.3, -0.25) is 14.5 Å². The Hall–Kier alpha value is -3.59. The molecule has 0 aliphatic carbocycles. The molecule has 170 valence electrons. The molecule has 4 rings (SSSR count). The molecule has 0 spiro atoms. The summed E-state index contributed by atoms with van der Waals surface area (Å²) in [5, 5.41) is 2.75. The zero-order valence-electron chi connectivity index (χ0n) is 17.9. The minimum Gasteiger partial charge on any atom is -0.465 e. The van der Waals surface area contributed by atoms with Gasteiger partial charge in [0.25, 0.3) is 5.91 Å². The standard InChI is InChI=1S/C24H22N2O6S/c1-31-24(30)21-20(23(29)32-13-16-10-6-3-7-11-16)26-17(14-33-21)19(22(26)28)25-18(27)12-15-8-4-2-5-9-15/h2-11,17,19H,12-14H2,1H3,(H,25,27)/t17-,19+/m1/s1. The highest BCUT2D eigenvalue weighted by atomic mass is 32.2. The number of rotatable bonds is 7. The number of nitrogens with zero attached hydrogens (tertiary/aromatic N) is 1. The van der Waals surface area contributed by atoms with Gasteiger partial charge in [-0.2, -0.15) is 0 Å². The third kappa shape index (κ3) is 4.78. The molecule has 9 heteroatoms. The minimum absolute atomic E-state index is 0.00771. The molecule has 2 aromatic rings. The highest BCUT2D eigenvalue weighted by molar-refractivity contribution is 8.04. The highest BCUT2D eigenvalue weighted by Crippen LogP contribution is 2.40. The number of carbonyl (C=O) groups is 4. The lowest BCUT2D eigenvalue weighted by Crippen LogP contribution is -2.72. The van der Waals surface area contributed by atoms with E-state index in [-0.39, 0.29) is 29.5 Å². The number of β-lactam (4-membered cyclic amide) rings is 1. The number of benzene rings is 2. The molecule has 1 saturated heterocycles. The molecule has 33 heavy (non-hydrogen) atoms. The smallest absolute Gasteiger partial charge is 0.356 e. The van der Waals surface area contributed by atoms with Crippen LogP contribution in [0.4, 0.5) is 0 Å². The van der Waals surface area contributed by atoms with Crippen LogP contribution in [0.3, 0.4) is 0 Å². The quantitative estimate of drug-likeness (QED) is 0.490. The monoisotopic (exact) mass is 466 g/mol. The third-order valence-corrected chi connectivity index (χ3v) is 6.53. The molecule has 2 amide bonds. The first kappa shape index (κ1) is 22.6. The van der Waals surface area contributed by atoms with Gasteiger partial charge in [-0.1, -0.05) is 60.7 Å². The number of esters is 2. The molecule has 0 radical (unpaired) electrons. The van der Waals surface area contributed by atoms with E-state index in [1.807, 2.05) is 48.5 Å². The summed E-state index contributed by atoms with van der Waals surface area (Å²) in [6, 6.07) is 17.0. The fourth-order valence-corrected chi connectivity index (χ4v) is 4.93. The van der Waals surface area contributed by atoms with Crippen LogP contribution in [0.15, 0.2) is 71.3 Å². The molecule has 2 heterocycles. The van der Waals surface area contributed by atoms with Crippen LogP contribution < -0.4 is 5.32 Å². The average molecular weight is 467 g/mol. The predicted octanol–water partition coefficient (Wildman–Crippen LogP) is 1.80. The Balaban J connectivity index is 1.48. The lowest BCUT2D eigenvalue weighted by Gasteiger charge is -2.49. The summed E-state index contributed by atoms with van der Waals surface area (Å²) >= 11 is 1.11. The zero-order chi connectivity index (χ0) is 23.4. The first-order chi connectivity index (χ1) is 16.0. The molecule has 1 N–H and O–H groups in total. The first-order valence-corrected chi connectivity index (χ1v) is 11.3. The molecule has 8 nitrogen and oxygen atoms in total. The van der Waals surface area contributed by atoms with Gasteiger partial charge in [-0.25, -0.2) is 9.59 Å². The number of fused-ring (bicyclic) bond motifs is 1. The summed E-state index contributed by atoms with van der Waals surface area (Å²) in [5.41, 5.74) is 1.46. The Morgan fingerprint density at radius 1 is 1.00 bits per heavy atom. The molecule has 2 aliphatic rings. The van der Waals surface area contributed by atoms with Crippen LogP contribution in [0.1, 0.15) is 11.1 Å². The predicted molar refractivity (Wildman–Crippen MR) is 120 cm³/mol. The van der Waals surface area contributed by atoms with E-state index in [2.05, 4.69) is 5.32 Å². The molecule has 1 fully saturated rings. The number of nitrogens with one attached hydrogen (secondary N) is 1. The van der Waals surface area contributed by atoms with Gasteiger partial charge < -0.3 is 14.8 Å². The van der Waals surface area contributed by atoms with Gasteiger partial charge in [-0.05, 0) is 11.1 Å². The van der Waals surface area contributed by atoms with E-state index in [9.17, 15) is 19.2 Å². The van der Waals surface area contributed by atoms with Crippen LogP contribution in [0, 0.1) is 0 Å². The minimum atomic E-state index is -0.793. The largest absolute Gasteiger partial charge is 0.465 e. The van der Waals surface area contributed by atoms with Gasteiger partial charge in [0.05, 0.1) is 19.6 Å². The van der Waals surface area contributed by atoms with Gasteiger partial charge in [0.15, 0.2) is 5.70 Å². The molecular formula is C24H22N2O6S. The number of ether oxygens (including phenoxy) is 2. The Labute approximate surface area is 194 Å². The van der Waals surface area contributed by atoms with E-state index in [0.717, 1.165) is 22.9 Å². The lowest BCUT2D eigenvalue weighted by molar-refractivity contribution is -0.156. The lowest BCUT2D eigenvalue weighted by atomic mass is 9.94. The van der Waals surface area contributed by atoms with Gasteiger partial charge in [0.1, 0.15) is 17.6 Å². The van der Waals surface area contributed by atoms with E-state index in [1.54, 1.807) is 12.1 Å². The molecular weight excluding hydrogens is 444 g/mol. The van der Waals surface area contributed by atoms with Crippen molar-refractivity contribution >= 4 is 35.5 Å². The zero-order valence-corrected chi connectivity index (χ0v) is 18.7. The van der Waals surface area contributed by atoms with E-state index < -0.39 is 29.9 Å². The Bertz CT molecular complexity index is 1100. The summed E-state index contributed by atoms with van der Waals surface area (Å²) in [5.74, 6) is -1.93. The molecule has 2 atom stereocenters. The van der Waals surface area contributed by atoms with Crippen LogP contribution in [-0.4, -0.2) is 53.6 Å². The van der Waals surface area contributed by atoms with Gasteiger partial charge in [0.2, 0.25) is 5.91 Å². The maximum atomic E-state index is 12.9. The fraction of sp³-hybridized carbons (Fsp3) is 0.250. The molecule has 0 unspecified atom stereocenters. The Morgan fingerprint density at radius 2 is 1.64 bits per heavy atom. The second kappa shape index (κ2) is 9.91. The summed E-state index contributed by atoms with van der Waals surface area (Å²) < 4.78 is 10.2. The molecule has 0 saturated carbocycles. The summed E-state index contributed by atoms with van der Waals surface area (Å²) in [7, 11) is 1.21. The van der Waals surface area contributed by atoms with E-state index in [1.165, 1.54) is 12.0 Å². The van der Waals surface area contributed by atoms with Crippen LogP contribution in [0.5, 0.6) is 0 Å². The van der Waals surface area contributed by atoms with Crippen molar-refractivity contribution < 1.29 is 28.7 Å². The van der Waals surface area contributed by atoms with E-state index in [4.69, 9.17) is 9.47 Å².